The summed E-state index contributed by atoms with van der Waals surface area (Å²) in [7, 11) is -4.12. The molecule has 0 spiro atoms. The van der Waals surface area contributed by atoms with Crippen molar-refractivity contribution < 1.29 is 17.4 Å². The fraction of sp³-hybridized carbons (Fsp3) is 0.750. The van der Waals surface area contributed by atoms with Crippen molar-refractivity contribution in [1.82, 2.24) is 0 Å². The van der Waals surface area contributed by atoms with E-state index in [1.807, 2.05) is 0 Å². The van der Waals surface area contributed by atoms with E-state index in [4.69, 9.17) is 0 Å². The van der Waals surface area contributed by atoms with Gasteiger partial charge in [0.05, 0.1) is 6.61 Å². The zero-order chi connectivity index (χ0) is 8.20. The molecule has 0 rings (SSSR count). The zero-order valence-electron chi connectivity index (χ0n) is 5.53. The first-order chi connectivity index (χ1) is 4.50. The first-order valence-corrected chi connectivity index (χ1v) is 4.10. The molecule has 62 valence electrons. The van der Waals surface area contributed by atoms with Gasteiger partial charge < -0.3 is 5.73 Å². The fourth-order valence-corrected chi connectivity index (χ4v) is 0.753. The number of primary amides is 1. The van der Waals surface area contributed by atoms with E-state index in [0.29, 0.717) is 6.42 Å². The Balaban J connectivity index is 0. The van der Waals surface area contributed by atoms with Crippen LogP contribution in [0.4, 0.5) is 4.79 Å². The molecule has 7 heteroatoms. The fourth-order valence-electron chi connectivity index (χ4n) is 0.251. The Kier molecular flexibility index (Phi) is 7.55. The Morgan fingerprint density at radius 3 is 2.27 bits per heavy atom. The second-order valence-electron chi connectivity index (χ2n) is 1.60. The molecule has 0 aliphatic rings. The monoisotopic (exact) mass is 191 g/mol. The summed E-state index contributed by atoms with van der Waals surface area (Å²) < 4.78 is 24.9. The van der Waals surface area contributed by atoms with Crippen molar-refractivity contribution in [2.45, 2.75) is 13.3 Å². The van der Waals surface area contributed by atoms with Gasteiger partial charge in [-0.3, -0.25) is 8.98 Å². The second-order valence-corrected chi connectivity index (χ2v) is 3.14. The van der Waals surface area contributed by atoms with Gasteiger partial charge in [-0.1, -0.05) is 6.92 Å². The van der Waals surface area contributed by atoms with Gasteiger partial charge in [-0.25, -0.2) is 0 Å². The van der Waals surface area contributed by atoms with E-state index in [-0.39, 0.29) is 36.2 Å². The summed E-state index contributed by atoms with van der Waals surface area (Å²) in [6.07, 6.45) is 0.520. The Morgan fingerprint density at radius 1 is 1.55 bits per heavy atom. The molecule has 5 nitrogen and oxygen atoms in total. The van der Waals surface area contributed by atoms with E-state index in [2.05, 4.69) is 9.92 Å². The van der Waals surface area contributed by atoms with Crippen molar-refractivity contribution in [2.24, 2.45) is 5.73 Å². The normalized spacial score (nSPS) is 10.3. The second kappa shape index (κ2) is 5.96. The summed E-state index contributed by atoms with van der Waals surface area (Å²) in [5, 5.41) is -1.44. The van der Waals surface area contributed by atoms with E-state index in [9.17, 15) is 13.2 Å². The molecule has 2 N–H and O–H groups in total. The molecule has 11 heavy (non-hydrogen) atoms. The quantitative estimate of drug-likeness (QED) is 0.466. The van der Waals surface area contributed by atoms with E-state index >= 15 is 0 Å². The van der Waals surface area contributed by atoms with Crippen LogP contribution < -0.4 is 5.73 Å². The van der Waals surface area contributed by atoms with Gasteiger partial charge >= 0.3 is 44.9 Å². The Bertz CT molecular complexity index is 212. The van der Waals surface area contributed by atoms with Crippen LogP contribution in [-0.2, 0) is 14.3 Å². The minimum absolute atomic E-state index is 0. The van der Waals surface area contributed by atoms with Crippen LogP contribution in [0.3, 0.4) is 0 Å². The molecular weight excluding hydrogens is 181 g/mol. The summed E-state index contributed by atoms with van der Waals surface area (Å²) in [6.45, 7) is 1.71. The van der Waals surface area contributed by atoms with E-state index < -0.39 is 15.4 Å². The number of carbonyl (C=O) groups excluding carboxylic acids is 1. The van der Waals surface area contributed by atoms with Gasteiger partial charge in [-0.05, 0) is 6.42 Å². The predicted molar refractivity (Wildman–Crippen MR) is 41.9 cm³/mol. The molecule has 0 atom stereocenters. The molecule has 0 unspecified atom stereocenters. The number of amides is 1. The van der Waals surface area contributed by atoms with Gasteiger partial charge in [0.15, 0.2) is 0 Å². The molecule has 0 aliphatic heterocycles. The number of rotatable bonds is 3. The summed E-state index contributed by atoms with van der Waals surface area (Å²) >= 11 is 0. The summed E-state index contributed by atoms with van der Waals surface area (Å²) in [5.41, 5.74) is 4.46. The minimum atomic E-state index is -4.12. The van der Waals surface area contributed by atoms with Crippen molar-refractivity contribution in [3.63, 3.8) is 0 Å². The summed E-state index contributed by atoms with van der Waals surface area (Å²) in [4.78, 5) is 10.0. The van der Waals surface area contributed by atoms with Crippen LogP contribution in [0.2, 0.25) is 0 Å². The molecule has 0 radical (unpaired) electrons. The molecule has 0 bridgehead atoms. The number of hydrogen-bond acceptors (Lipinski definition) is 4. The Morgan fingerprint density at radius 2 is 2.00 bits per heavy atom. The van der Waals surface area contributed by atoms with Crippen LogP contribution in [0.15, 0.2) is 0 Å². The van der Waals surface area contributed by atoms with Gasteiger partial charge in [0, 0.05) is 0 Å². The molecule has 0 fully saturated rings. The maximum atomic E-state index is 10.4. The molecular formula is C4H10NNaO4S. The standard InChI is InChI=1S/C4H9NO4S.Na.H/c1-2-3-9-10(7,8)4(5)6;;/h2-3H2,1H3,(H2,5,6);;. The number of nitrogens with two attached hydrogens (primary N) is 1. The van der Waals surface area contributed by atoms with E-state index in [1.54, 1.807) is 6.92 Å². The van der Waals surface area contributed by atoms with Crippen molar-refractivity contribution >= 4 is 44.9 Å². The topological polar surface area (TPSA) is 86.5 Å². The Labute approximate surface area is 87.7 Å². The van der Waals surface area contributed by atoms with Crippen LogP contribution in [0, 0.1) is 0 Å². The third-order valence-corrected chi connectivity index (χ3v) is 1.66. The molecule has 0 aromatic carbocycles. The third kappa shape index (κ3) is 5.63. The van der Waals surface area contributed by atoms with Gasteiger partial charge in [0.25, 0.3) is 0 Å². The van der Waals surface area contributed by atoms with Crippen molar-refractivity contribution in [1.29, 1.82) is 0 Å². The van der Waals surface area contributed by atoms with Crippen LogP contribution in [0.5, 0.6) is 0 Å². The predicted octanol–water partition coefficient (Wildman–Crippen LogP) is -0.827. The molecule has 0 saturated heterocycles. The van der Waals surface area contributed by atoms with Crippen LogP contribution >= 0.6 is 0 Å². The third-order valence-electron chi connectivity index (χ3n) is 0.689. The molecule has 1 amide bonds. The average Bonchev–Trinajstić information content (AvgIpc) is 1.84. The molecule has 0 aromatic heterocycles. The van der Waals surface area contributed by atoms with Crippen LogP contribution in [0.25, 0.3) is 0 Å². The molecule has 0 aliphatic carbocycles. The maximum absolute atomic E-state index is 10.4. The first-order valence-electron chi connectivity index (χ1n) is 2.69. The number of carbonyl (C=O) groups is 1. The molecule has 0 saturated carbocycles. The van der Waals surface area contributed by atoms with Crippen molar-refractivity contribution in [3.8, 4) is 0 Å². The summed E-state index contributed by atoms with van der Waals surface area (Å²) in [5.74, 6) is 0. The van der Waals surface area contributed by atoms with Crippen LogP contribution in [0.1, 0.15) is 13.3 Å². The van der Waals surface area contributed by atoms with E-state index in [0.717, 1.165) is 0 Å². The Hall–Kier alpha value is 0.380. The van der Waals surface area contributed by atoms with Gasteiger partial charge in [0.1, 0.15) is 0 Å². The van der Waals surface area contributed by atoms with Crippen molar-refractivity contribution in [2.75, 3.05) is 6.61 Å². The van der Waals surface area contributed by atoms with Crippen molar-refractivity contribution in [3.05, 3.63) is 0 Å². The van der Waals surface area contributed by atoms with E-state index in [1.165, 1.54) is 0 Å². The zero-order valence-corrected chi connectivity index (χ0v) is 6.35. The molecule has 0 aromatic rings. The number of hydrogen-bond donors (Lipinski definition) is 1. The SMILES string of the molecule is CCCOS(=O)(=O)C(N)=O.[NaH]. The first kappa shape index (κ1) is 13.9. The van der Waals surface area contributed by atoms with Gasteiger partial charge in [0.2, 0.25) is 0 Å². The van der Waals surface area contributed by atoms with Gasteiger partial charge in [-0.2, -0.15) is 8.42 Å². The average molecular weight is 191 g/mol. The molecule has 0 heterocycles. The van der Waals surface area contributed by atoms with Gasteiger partial charge in [-0.15, -0.1) is 0 Å². The summed E-state index contributed by atoms with van der Waals surface area (Å²) in [6, 6.07) is 0. The van der Waals surface area contributed by atoms with Crippen LogP contribution in [-0.4, -0.2) is 49.8 Å².